The first kappa shape index (κ1) is 14.5. The molecule has 1 unspecified atom stereocenters. The molecule has 0 amide bonds. The maximum atomic E-state index is 10.3. The fraction of sp³-hybridized carbons (Fsp3) is 0.933. The molecule has 0 aromatic rings. The van der Waals surface area contributed by atoms with E-state index in [-0.39, 0.29) is 0 Å². The molecule has 1 N–H and O–H groups in total. The predicted molar refractivity (Wildman–Crippen MR) is 70.3 cm³/mol. The zero-order chi connectivity index (χ0) is 13.3. The van der Waals surface area contributed by atoms with Crippen LogP contribution in [0, 0.1) is 34.0 Å². The van der Waals surface area contributed by atoms with Crippen LogP contribution < -0.4 is 0 Å². The van der Waals surface area contributed by atoms with E-state index in [2.05, 4.69) is 26.8 Å². The van der Waals surface area contributed by atoms with Crippen LogP contribution in [0.2, 0.25) is 0 Å². The van der Waals surface area contributed by atoms with Crippen LogP contribution in [0.15, 0.2) is 0 Å². The Morgan fingerprint density at radius 2 is 1.53 bits per heavy atom. The lowest BCUT2D eigenvalue weighted by Gasteiger charge is -2.40. The van der Waals surface area contributed by atoms with E-state index in [4.69, 9.17) is 5.26 Å². The first-order chi connectivity index (χ1) is 7.68. The van der Waals surface area contributed by atoms with E-state index in [0.717, 1.165) is 18.8 Å². The summed E-state index contributed by atoms with van der Waals surface area (Å²) in [7, 11) is 0. The fourth-order valence-corrected chi connectivity index (χ4v) is 2.96. The van der Waals surface area contributed by atoms with Crippen LogP contribution in [0.1, 0.15) is 60.3 Å². The number of aliphatic hydroxyl groups excluding tert-OH is 1. The van der Waals surface area contributed by atoms with E-state index in [1.54, 1.807) is 0 Å². The summed E-state index contributed by atoms with van der Waals surface area (Å²) in [5.74, 6) is 1.07. The molecule has 2 heteroatoms. The molecule has 0 spiro atoms. The minimum atomic E-state index is -0.612. The standard InChI is InChI=1S/C15H27NO/c1-14(2,3)12-8-6-11(7-9-12)13(17)15(4,5)10-16/h11-13,17H,6-9H2,1-5H3. The Bertz CT molecular complexity index is 287. The van der Waals surface area contributed by atoms with Crippen molar-refractivity contribution in [2.24, 2.45) is 22.7 Å². The van der Waals surface area contributed by atoms with Gasteiger partial charge >= 0.3 is 0 Å². The van der Waals surface area contributed by atoms with Crippen molar-refractivity contribution in [1.82, 2.24) is 0 Å². The van der Waals surface area contributed by atoms with E-state index in [0.29, 0.717) is 11.3 Å². The SMILES string of the molecule is CC(C)(C)C1CCC(C(O)C(C)(C)C#N)CC1. The first-order valence-corrected chi connectivity index (χ1v) is 6.78. The second kappa shape index (κ2) is 4.98. The lowest BCUT2D eigenvalue weighted by atomic mass is 9.66. The van der Waals surface area contributed by atoms with Gasteiger partial charge in [-0.05, 0) is 56.8 Å². The average molecular weight is 237 g/mol. The van der Waals surface area contributed by atoms with Gasteiger partial charge in [-0.1, -0.05) is 20.8 Å². The van der Waals surface area contributed by atoms with E-state index in [9.17, 15) is 5.11 Å². The minimum absolute atomic E-state index is 0.309. The molecule has 1 saturated carbocycles. The fourth-order valence-electron chi connectivity index (χ4n) is 2.96. The van der Waals surface area contributed by atoms with Gasteiger partial charge in [0.25, 0.3) is 0 Å². The molecule has 0 saturated heterocycles. The predicted octanol–water partition coefficient (Wildman–Crippen LogP) is 3.75. The summed E-state index contributed by atoms with van der Waals surface area (Å²) >= 11 is 0. The Morgan fingerprint density at radius 1 is 1.06 bits per heavy atom. The summed E-state index contributed by atoms with van der Waals surface area (Å²) in [6, 6.07) is 2.23. The topological polar surface area (TPSA) is 44.0 Å². The largest absolute Gasteiger partial charge is 0.391 e. The highest BCUT2D eigenvalue weighted by Crippen LogP contribution is 2.42. The number of hydrogen-bond donors (Lipinski definition) is 1. The summed E-state index contributed by atoms with van der Waals surface area (Å²) in [4.78, 5) is 0. The summed E-state index contributed by atoms with van der Waals surface area (Å²) in [6.45, 7) is 10.6. The van der Waals surface area contributed by atoms with Gasteiger partial charge in [-0.3, -0.25) is 0 Å². The quantitative estimate of drug-likeness (QED) is 0.795. The van der Waals surface area contributed by atoms with Crippen LogP contribution in [0.4, 0.5) is 0 Å². The second-order valence-electron chi connectivity index (χ2n) is 7.26. The Morgan fingerprint density at radius 3 is 1.88 bits per heavy atom. The highest BCUT2D eigenvalue weighted by atomic mass is 16.3. The Kier molecular flexibility index (Phi) is 4.25. The second-order valence-corrected chi connectivity index (χ2v) is 7.26. The average Bonchev–Trinajstić information content (AvgIpc) is 2.27. The highest BCUT2D eigenvalue weighted by molar-refractivity contribution is 5.00. The number of aliphatic hydroxyl groups is 1. The van der Waals surface area contributed by atoms with Crippen molar-refractivity contribution in [2.75, 3.05) is 0 Å². The van der Waals surface area contributed by atoms with Crippen molar-refractivity contribution >= 4 is 0 Å². The summed E-state index contributed by atoms with van der Waals surface area (Å²) < 4.78 is 0. The van der Waals surface area contributed by atoms with Crippen LogP contribution in [0.3, 0.4) is 0 Å². The van der Waals surface area contributed by atoms with Gasteiger partial charge in [0, 0.05) is 0 Å². The number of hydrogen-bond acceptors (Lipinski definition) is 2. The molecule has 0 aromatic heterocycles. The Labute approximate surface area is 106 Å². The molecule has 1 rings (SSSR count). The first-order valence-electron chi connectivity index (χ1n) is 6.78. The molecule has 0 aliphatic heterocycles. The van der Waals surface area contributed by atoms with Gasteiger partial charge in [0.1, 0.15) is 0 Å². The van der Waals surface area contributed by atoms with Crippen molar-refractivity contribution in [3.05, 3.63) is 0 Å². The van der Waals surface area contributed by atoms with Gasteiger partial charge in [0.05, 0.1) is 17.6 Å². The molecule has 0 aromatic carbocycles. The van der Waals surface area contributed by atoms with Crippen LogP contribution >= 0.6 is 0 Å². The van der Waals surface area contributed by atoms with Crippen LogP contribution in [-0.4, -0.2) is 11.2 Å². The normalized spacial score (nSPS) is 28.5. The van der Waals surface area contributed by atoms with Crippen LogP contribution in [-0.2, 0) is 0 Å². The van der Waals surface area contributed by atoms with Crippen LogP contribution in [0.5, 0.6) is 0 Å². The number of nitrogens with zero attached hydrogens (tertiary/aromatic N) is 1. The molecule has 1 fully saturated rings. The molecule has 1 aliphatic rings. The third-order valence-corrected chi connectivity index (χ3v) is 4.47. The van der Waals surface area contributed by atoms with E-state index in [1.807, 2.05) is 13.8 Å². The maximum Gasteiger partial charge on any atom is 0.0779 e. The van der Waals surface area contributed by atoms with Crippen molar-refractivity contribution in [2.45, 2.75) is 66.4 Å². The minimum Gasteiger partial charge on any atom is -0.391 e. The molecule has 0 heterocycles. The molecule has 0 bridgehead atoms. The zero-order valence-corrected chi connectivity index (χ0v) is 12.0. The van der Waals surface area contributed by atoms with Gasteiger partial charge in [-0.15, -0.1) is 0 Å². The summed E-state index contributed by atoms with van der Waals surface area (Å²) in [5, 5.41) is 19.3. The lowest BCUT2D eigenvalue weighted by Crippen LogP contribution is -2.38. The van der Waals surface area contributed by atoms with Gasteiger partial charge in [-0.25, -0.2) is 0 Å². The van der Waals surface area contributed by atoms with Gasteiger partial charge in [0.2, 0.25) is 0 Å². The van der Waals surface area contributed by atoms with Crippen LogP contribution in [0.25, 0.3) is 0 Å². The van der Waals surface area contributed by atoms with Crippen molar-refractivity contribution in [3.8, 4) is 6.07 Å². The molecular weight excluding hydrogens is 210 g/mol. The maximum absolute atomic E-state index is 10.3. The van der Waals surface area contributed by atoms with Crippen molar-refractivity contribution < 1.29 is 5.11 Å². The zero-order valence-electron chi connectivity index (χ0n) is 12.0. The molecule has 98 valence electrons. The molecule has 17 heavy (non-hydrogen) atoms. The molecule has 1 atom stereocenters. The number of rotatable bonds is 2. The third-order valence-electron chi connectivity index (χ3n) is 4.47. The lowest BCUT2D eigenvalue weighted by molar-refractivity contribution is -0.0000318. The smallest absolute Gasteiger partial charge is 0.0779 e. The van der Waals surface area contributed by atoms with Gasteiger partial charge in [0.15, 0.2) is 0 Å². The van der Waals surface area contributed by atoms with Crippen molar-refractivity contribution in [3.63, 3.8) is 0 Å². The van der Waals surface area contributed by atoms with E-state index in [1.165, 1.54) is 12.8 Å². The molecule has 0 radical (unpaired) electrons. The van der Waals surface area contributed by atoms with Crippen molar-refractivity contribution in [1.29, 1.82) is 5.26 Å². The van der Waals surface area contributed by atoms with Gasteiger partial charge in [-0.2, -0.15) is 5.26 Å². The van der Waals surface area contributed by atoms with Gasteiger partial charge < -0.3 is 5.11 Å². The van der Waals surface area contributed by atoms with E-state index >= 15 is 0 Å². The monoisotopic (exact) mass is 237 g/mol. The highest BCUT2D eigenvalue weighted by Gasteiger charge is 2.38. The molecule has 1 aliphatic carbocycles. The summed E-state index contributed by atoms with van der Waals surface area (Å²) in [6.07, 6.45) is 4.02. The molecule has 2 nitrogen and oxygen atoms in total. The van der Waals surface area contributed by atoms with E-state index < -0.39 is 11.5 Å². The Hall–Kier alpha value is -0.550. The summed E-state index contributed by atoms with van der Waals surface area (Å²) in [5.41, 5.74) is -0.236. The Balaban J connectivity index is 2.56. The number of nitriles is 1. The third kappa shape index (κ3) is 3.45. The molecular formula is C15H27NO.